The fourth-order valence-electron chi connectivity index (χ4n) is 1.55. The monoisotopic (exact) mass is 312 g/mol. The Balaban J connectivity index is 2.12. The molecule has 0 radical (unpaired) electrons. The Bertz CT molecular complexity index is 634. The summed E-state index contributed by atoms with van der Waals surface area (Å²) in [5, 5.41) is 14.5. The highest BCUT2D eigenvalue weighted by atomic mass is 35.5. The third kappa shape index (κ3) is 3.34. The van der Waals surface area contributed by atoms with Crippen molar-refractivity contribution < 1.29 is 4.92 Å². The first kappa shape index (κ1) is 14.5. The molecule has 0 aliphatic heterocycles. The molecule has 0 aliphatic rings. The van der Waals surface area contributed by atoms with Crippen LogP contribution in [-0.4, -0.2) is 14.9 Å². The van der Waals surface area contributed by atoms with Crippen LogP contribution in [0.3, 0.4) is 0 Å². The average Bonchev–Trinajstić information content (AvgIpc) is 2.42. The first-order valence-corrected chi connectivity index (χ1v) is 6.41. The van der Waals surface area contributed by atoms with E-state index < -0.39 is 4.92 Å². The van der Waals surface area contributed by atoms with Gasteiger partial charge in [0.25, 0.3) is 0 Å². The topological polar surface area (TPSA) is 81.0 Å². The van der Waals surface area contributed by atoms with E-state index in [1.807, 2.05) is 13.0 Å². The van der Waals surface area contributed by atoms with Gasteiger partial charge in [0, 0.05) is 0 Å². The lowest BCUT2D eigenvalue weighted by molar-refractivity contribution is -0.385. The van der Waals surface area contributed by atoms with Crippen molar-refractivity contribution in [1.29, 1.82) is 0 Å². The summed E-state index contributed by atoms with van der Waals surface area (Å²) in [6, 6.07) is 5.16. The van der Waals surface area contributed by atoms with E-state index in [1.165, 1.54) is 0 Å². The highest BCUT2D eigenvalue weighted by molar-refractivity contribution is 6.42. The lowest BCUT2D eigenvalue weighted by atomic mass is 10.1. The van der Waals surface area contributed by atoms with Crippen LogP contribution in [0.5, 0.6) is 0 Å². The first-order valence-electron chi connectivity index (χ1n) is 5.65. The fraction of sp³-hybridized carbons (Fsp3) is 0.167. The van der Waals surface area contributed by atoms with Crippen LogP contribution in [0, 0.1) is 10.1 Å². The van der Waals surface area contributed by atoms with Gasteiger partial charge in [0.05, 0.1) is 21.0 Å². The average molecular weight is 313 g/mol. The van der Waals surface area contributed by atoms with E-state index in [2.05, 4.69) is 15.3 Å². The highest BCUT2D eigenvalue weighted by Gasteiger charge is 2.11. The van der Waals surface area contributed by atoms with Gasteiger partial charge in [-0.15, -0.1) is 0 Å². The zero-order chi connectivity index (χ0) is 14.7. The third-order valence-electron chi connectivity index (χ3n) is 2.64. The maximum Gasteiger partial charge on any atom is 0.305 e. The number of rotatable bonds is 4. The molecule has 1 atom stereocenters. The molecule has 0 amide bonds. The second kappa shape index (κ2) is 6.02. The van der Waals surface area contributed by atoms with Gasteiger partial charge in [-0.1, -0.05) is 29.3 Å². The van der Waals surface area contributed by atoms with Gasteiger partial charge in [-0.3, -0.25) is 10.1 Å². The summed E-state index contributed by atoms with van der Waals surface area (Å²) in [5.74, 6) is 0.300. The smallest absolute Gasteiger partial charge is 0.305 e. The number of aromatic nitrogens is 2. The summed E-state index contributed by atoms with van der Waals surface area (Å²) in [4.78, 5) is 17.7. The predicted octanol–water partition coefficient (Wildman–Crippen LogP) is 3.86. The molecule has 20 heavy (non-hydrogen) atoms. The Morgan fingerprint density at radius 3 is 2.45 bits per heavy atom. The molecule has 0 spiro atoms. The van der Waals surface area contributed by atoms with Crippen LogP contribution < -0.4 is 5.32 Å². The molecule has 0 bridgehead atoms. The van der Waals surface area contributed by atoms with Gasteiger partial charge in [0.2, 0.25) is 5.95 Å². The van der Waals surface area contributed by atoms with Crippen molar-refractivity contribution in [2.45, 2.75) is 13.0 Å². The molecular weight excluding hydrogens is 303 g/mol. The molecule has 104 valence electrons. The van der Waals surface area contributed by atoms with Gasteiger partial charge < -0.3 is 5.32 Å². The number of anilines is 1. The van der Waals surface area contributed by atoms with Gasteiger partial charge in [0.15, 0.2) is 0 Å². The Kier molecular flexibility index (Phi) is 4.36. The third-order valence-corrected chi connectivity index (χ3v) is 3.38. The van der Waals surface area contributed by atoms with Crippen LogP contribution in [0.15, 0.2) is 30.6 Å². The minimum absolute atomic E-state index is 0.119. The first-order chi connectivity index (χ1) is 9.47. The van der Waals surface area contributed by atoms with Crippen molar-refractivity contribution in [2.24, 2.45) is 0 Å². The van der Waals surface area contributed by atoms with Crippen LogP contribution in [0.2, 0.25) is 10.0 Å². The number of nitro groups is 1. The van der Waals surface area contributed by atoms with Crippen molar-refractivity contribution in [3.05, 3.63) is 56.3 Å². The van der Waals surface area contributed by atoms with Crippen molar-refractivity contribution in [3.63, 3.8) is 0 Å². The maximum absolute atomic E-state index is 10.5. The highest BCUT2D eigenvalue weighted by Crippen LogP contribution is 2.26. The second-order valence-corrected chi connectivity index (χ2v) is 4.88. The molecule has 8 heteroatoms. The van der Waals surface area contributed by atoms with E-state index in [0.29, 0.717) is 16.0 Å². The van der Waals surface area contributed by atoms with E-state index in [1.54, 1.807) is 12.1 Å². The van der Waals surface area contributed by atoms with Gasteiger partial charge >= 0.3 is 5.69 Å². The molecule has 0 saturated heterocycles. The molecule has 1 unspecified atom stereocenters. The summed E-state index contributed by atoms with van der Waals surface area (Å²) in [6.45, 7) is 1.89. The van der Waals surface area contributed by atoms with Crippen molar-refractivity contribution in [3.8, 4) is 0 Å². The largest absolute Gasteiger partial charge is 0.348 e. The molecule has 2 rings (SSSR count). The minimum Gasteiger partial charge on any atom is -0.348 e. The molecule has 0 fully saturated rings. The summed E-state index contributed by atoms with van der Waals surface area (Å²) in [6.07, 6.45) is 2.30. The molecule has 1 aromatic heterocycles. The molecule has 1 heterocycles. The summed E-state index contributed by atoms with van der Waals surface area (Å²) in [7, 11) is 0. The molecule has 2 aromatic rings. The molecule has 0 saturated carbocycles. The van der Waals surface area contributed by atoms with E-state index in [9.17, 15) is 10.1 Å². The standard InChI is InChI=1S/C12H10Cl2N4O2/c1-7(8-2-3-10(13)11(14)4-8)17-12-15-5-9(6-16-12)18(19)20/h2-7H,1H3,(H,15,16,17). The van der Waals surface area contributed by atoms with Gasteiger partial charge in [-0.25, -0.2) is 9.97 Å². The Labute approximate surface area is 124 Å². The Morgan fingerprint density at radius 1 is 1.25 bits per heavy atom. The molecule has 1 aromatic carbocycles. The van der Waals surface area contributed by atoms with E-state index in [-0.39, 0.29) is 11.7 Å². The zero-order valence-electron chi connectivity index (χ0n) is 10.4. The summed E-state index contributed by atoms with van der Waals surface area (Å²) < 4.78 is 0. The second-order valence-electron chi connectivity index (χ2n) is 4.06. The summed E-state index contributed by atoms with van der Waals surface area (Å²) in [5.41, 5.74) is 0.749. The number of halogens is 2. The Morgan fingerprint density at radius 2 is 1.90 bits per heavy atom. The van der Waals surface area contributed by atoms with Crippen LogP contribution in [-0.2, 0) is 0 Å². The quantitative estimate of drug-likeness (QED) is 0.684. The normalized spacial score (nSPS) is 11.9. The fourth-order valence-corrected chi connectivity index (χ4v) is 1.86. The van der Waals surface area contributed by atoms with E-state index in [4.69, 9.17) is 23.2 Å². The van der Waals surface area contributed by atoms with Crippen molar-refractivity contribution >= 4 is 34.8 Å². The summed E-state index contributed by atoms with van der Waals surface area (Å²) >= 11 is 11.8. The van der Waals surface area contributed by atoms with E-state index in [0.717, 1.165) is 18.0 Å². The van der Waals surface area contributed by atoms with Crippen LogP contribution in [0.1, 0.15) is 18.5 Å². The predicted molar refractivity (Wildman–Crippen MR) is 77.2 cm³/mol. The van der Waals surface area contributed by atoms with Gasteiger partial charge in [0.1, 0.15) is 12.4 Å². The van der Waals surface area contributed by atoms with Crippen LogP contribution >= 0.6 is 23.2 Å². The van der Waals surface area contributed by atoms with Crippen molar-refractivity contribution in [1.82, 2.24) is 9.97 Å². The number of benzene rings is 1. The lowest BCUT2D eigenvalue weighted by Gasteiger charge is -2.14. The molecule has 1 N–H and O–H groups in total. The molecule has 6 nitrogen and oxygen atoms in total. The number of nitrogens with zero attached hydrogens (tertiary/aromatic N) is 3. The lowest BCUT2D eigenvalue weighted by Crippen LogP contribution is -2.09. The van der Waals surface area contributed by atoms with Gasteiger partial charge in [-0.2, -0.15) is 0 Å². The van der Waals surface area contributed by atoms with Gasteiger partial charge in [-0.05, 0) is 24.6 Å². The Hall–Kier alpha value is -1.92. The molecule has 0 aliphatic carbocycles. The SMILES string of the molecule is CC(Nc1ncc([N+](=O)[O-])cn1)c1ccc(Cl)c(Cl)c1. The van der Waals surface area contributed by atoms with Crippen molar-refractivity contribution in [2.75, 3.05) is 5.32 Å². The minimum atomic E-state index is -0.549. The maximum atomic E-state index is 10.5. The van der Waals surface area contributed by atoms with Crippen LogP contribution in [0.25, 0.3) is 0 Å². The number of hydrogen-bond donors (Lipinski definition) is 1. The van der Waals surface area contributed by atoms with Crippen LogP contribution in [0.4, 0.5) is 11.6 Å². The number of nitrogens with one attached hydrogen (secondary N) is 1. The molecular formula is C12H10Cl2N4O2. The van der Waals surface area contributed by atoms with E-state index >= 15 is 0 Å². The zero-order valence-corrected chi connectivity index (χ0v) is 11.9. The number of hydrogen-bond acceptors (Lipinski definition) is 5.